The van der Waals surface area contributed by atoms with E-state index in [1.807, 2.05) is 19.3 Å². The van der Waals surface area contributed by atoms with Gasteiger partial charge >= 0.3 is 5.97 Å². The maximum absolute atomic E-state index is 12.3. The van der Waals surface area contributed by atoms with Crippen molar-refractivity contribution in [3.05, 3.63) is 35.3 Å². The maximum Gasteiger partial charge on any atom is 0.331 e. The molecule has 0 aliphatic heterocycles. The number of hydrogen-bond donors (Lipinski definition) is 0. The van der Waals surface area contributed by atoms with Crippen LogP contribution in [0.2, 0.25) is 0 Å². The molecule has 0 radical (unpaired) electrons. The van der Waals surface area contributed by atoms with Crippen molar-refractivity contribution >= 4 is 23.5 Å². The average Bonchev–Trinajstić information content (AvgIpc) is 2.49. The fraction of sp³-hybridized carbons (Fsp3) is 0.579. The molecular formula is C19H26O3S. The number of rotatable bonds is 4. The zero-order chi connectivity index (χ0) is 17.2. The summed E-state index contributed by atoms with van der Waals surface area (Å²) >= 11 is 1.48. The Bertz CT molecular complexity index is 575. The van der Waals surface area contributed by atoms with E-state index in [1.165, 1.54) is 23.4 Å². The summed E-state index contributed by atoms with van der Waals surface area (Å²) in [4.78, 5) is 24.2. The molecule has 0 aromatic heterocycles. The number of ketones is 1. The van der Waals surface area contributed by atoms with E-state index < -0.39 is 0 Å². The van der Waals surface area contributed by atoms with Gasteiger partial charge in [-0.1, -0.05) is 31.6 Å². The van der Waals surface area contributed by atoms with Crippen molar-refractivity contribution in [1.82, 2.24) is 0 Å². The first kappa shape index (κ1) is 18.1. The molecule has 0 amide bonds. The molecule has 3 nitrogen and oxygen atoms in total. The van der Waals surface area contributed by atoms with E-state index in [-0.39, 0.29) is 35.1 Å². The SMILES string of the molecule is C=C(C)[C@H]1C[C@@]2(C)C(=CC1=O)CC[C@@H](OC(=O)C=CSC)[C@@H]2C. The Morgan fingerprint density at radius 3 is 2.83 bits per heavy atom. The molecule has 1 fully saturated rings. The standard InChI is InChI=1S/C19H26O3S/c1-12(2)15-11-19(4)13(3)17(22-18(21)8-9-23-5)7-6-14(19)10-16(15)20/h8-10,13,15,17H,1,6-7,11H2,2-5H3/t13-,15+,17+,19+/m0/s1. The van der Waals surface area contributed by atoms with Crippen LogP contribution in [0.1, 0.15) is 40.0 Å². The van der Waals surface area contributed by atoms with Gasteiger partial charge in [-0.25, -0.2) is 4.79 Å². The van der Waals surface area contributed by atoms with Gasteiger partial charge in [0.15, 0.2) is 5.78 Å². The first-order valence-electron chi connectivity index (χ1n) is 8.10. The molecular weight excluding hydrogens is 308 g/mol. The highest BCUT2D eigenvalue weighted by Gasteiger charge is 2.48. The summed E-state index contributed by atoms with van der Waals surface area (Å²) in [5, 5.41) is 1.74. The topological polar surface area (TPSA) is 43.4 Å². The number of carbonyl (C=O) groups excluding carboxylic acids is 2. The highest BCUT2D eigenvalue weighted by Crippen LogP contribution is 2.52. The Morgan fingerprint density at radius 2 is 2.22 bits per heavy atom. The normalized spacial score (nSPS) is 34.0. The minimum Gasteiger partial charge on any atom is -0.459 e. The Balaban J connectivity index is 2.20. The van der Waals surface area contributed by atoms with Crippen LogP contribution < -0.4 is 0 Å². The quantitative estimate of drug-likeness (QED) is 0.437. The number of ether oxygens (including phenoxy) is 1. The summed E-state index contributed by atoms with van der Waals surface area (Å²) < 4.78 is 5.67. The highest BCUT2D eigenvalue weighted by molar-refractivity contribution is 8.01. The third-order valence-corrected chi connectivity index (χ3v) is 5.89. The van der Waals surface area contributed by atoms with Gasteiger partial charge in [-0.15, -0.1) is 11.8 Å². The van der Waals surface area contributed by atoms with Crippen molar-refractivity contribution in [3.8, 4) is 0 Å². The van der Waals surface area contributed by atoms with E-state index in [2.05, 4.69) is 20.4 Å². The summed E-state index contributed by atoms with van der Waals surface area (Å²) in [5.74, 6) is -0.0350. The Kier molecular flexibility index (Phi) is 5.56. The molecule has 0 aromatic carbocycles. The third kappa shape index (κ3) is 3.63. The molecule has 0 bridgehead atoms. The number of thioether (sulfide) groups is 1. The highest BCUT2D eigenvalue weighted by atomic mass is 32.2. The first-order valence-corrected chi connectivity index (χ1v) is 9.38. The van der Waals surface area contributed by atoms with Gasteiger partial charge in [0.05, 0.1) is 0 Å². The Morgan fingerprint density at radius 1 is 1.52 bits per heavy atom. The summed E-state index contributed by atoms with van der Waals surface area (Å²) in [7, 11) is 0. The second kappa shape index (κ2) is 7.08. The Hall–Kier alpha value is -1.29. The van der Waals surface area contributed by atoms with Crippen molar-refractivity contribution < 1.29 is 14.3 Å². The fourth-order valence-electron chi connectivity index (χ4n) is 3.78. The van der Waals surface area contributed by atoms with Gasteiger partial charge in [0.25, 0.3) is 0 Å². The van der Waals surface area contributed by atoms with Crippen LogP contribution in [0.4, 0.5) is 0 Å². The lowest BCUT2D eigenvalue weighted by Gasteiger charge is -2.49. The van der Waals surface area contributed by atoms with Crippen LogP contribution in [-0.4, -0.2) is 24.1 Å². The predicted octanol–water partition coefficient (Wildman–Crippen LogP) is 4.30. The minimum atomic E-state index is -0.282. The largest absolute Gasteiger partial charge is 0.459 e. The lowest BCUT2D eigenvalue weighted by molar-refractivity contribution is -0.150. The van der Waals surface area contributed by atoms with E-state index in [0.29, 0.717) is 0 Å². The predicted molar refractivity (Wildman–Crippen MR) is 95.1 cm³/mol. The van der Waals surface area contributed by atoms with E-state index >= 15 is 0 Å². The molecule has 2 aliphatic rings. The van der Waals surface area contributed by atoms with Gasteiger partial charge in [-0.2, -0.15) is 0 Å². The van der Waals surface area contributed by atoms with Crippen LogP contribution in [0.25, 0.3) is 0 Å². The van der Waals surface area contributed by atoms with Gasteiger partial charge < -0.3 is 4.74 Å². The average molecular weight is 334 g/mol. The van der Waals surface area contributed by atoms with Gasteiger partial charge in [-0.05, 0) is 49.3 Å². The van der Waals surface area contributed by atoms with Crippen molar-refractivity contribution in [1.29, 1.82) is 0 Å². The van der Waals surface area contributed by atoms with Crippen LogP contribution in [0.5, 0.6) is 0 Å². The van der Waals surface area contributed by atoms with Crippen LogP contribution in [-0.2, 0) is 14.3 Å². The van der Waals surface area contributed by atoms with Crippen molar-refractivity contribution in [3.63, 3.8) is 0 Å². The number of hydrogen-bond acceptors (Lipinski definition) is 4. The molecule has 126 valence electrons. The van der Waals surface area contributed by atoms with Crippen LogP contribution in [0, 0.1) is 17.3 Å². The van der Waals surface area contributed by atoms with Crippen LogP contribution in [0.3, 0.4) is 0 Å². The van der Waals surface area contributed by atoms with Crippen molar-refractivity contribution in [2.24, 2.45) is 17.3 Å². The molecule has 1 saturated carbocycles. The second-order valence-electron chi connectivity index (χ2n) is 6.93. The number of allylic oxidation sites excluding steroid dienone is 3. The van der Waals surface area contributed by atoms with E-state index in [9.17, 15) is 9.59 Å². The summed E-state index contributed by atoms with van der Waals surface area (Å²) in [6.45, 7) is 10.2. The number of fused-ring (bicyclic) bond motifs is 1. The van der Waals surface area contributed by atoms with Crippen molar-refractivity contribution in [2.45, 2.75) is 46.1 Å². The van der Waals surface area contributed by atoms with E-state index in [4.69, 9.17) is 4.74 Å². The van der Waals surface area contributed by atoms with Gasteiger partial charge in [0.2, 0.25) is 0 Å². The molecule has 2 rings (SSSR count). The van der Waals surface area contributed by atoms with E-state index in [0.717, 1.165) is 24.8 Å². The third-order valence-electron chi connectivity index (χ3n) is 5.49. The molecule has 4 heteroatoms. The summed E-state index contributed by atoms with van der Waals surface area (Å²) in [6.07, 6.45) is 7.48. The minimum absolute atomic E-state index is 0.102. The van der Waals surface area contributed by atoms with Crippen LogP contribution >= 0.6 is 11.8 Å². The van der Waals surface area contributed by atoms with Crippen LogP contribution in [0.15, 0.2) is 35.3 Å². The Labute approximate surface area is 143 Å². The van der Waals surface area contributed by atoms with Crippen molar-refractivity contribution in [2.75, 3.05) is 6.26 Å². The monoisotopic (exact) mass is 334 g/mol. The molecule has 23 heavy (non-hydrogen) atoms. The fourth-order valence-corrected chi connectivity index (χ4v) is 4.02. The summed E-state index contributed by atoms with van der Waals surface area (Å²) in [5.41, 5.74) is 2.02. The molecule has 0 spiro atoms. The van der Waals surface area contributed by atoms with E-state index in [1.54, 1.807) is 5.41 Å². The molecule has 2 aliphatic carbocycles. The smallest absolute Gasteiger partial charge is 0.331 e. The van der Waals surface area contributed by atoms with Gasteiger partial charge in [0, 0.05) is 17.9 Å². The second-order valence-corrected chi connectivity index (χ2v) is 7.68. The molecule has 0 aromatic rings. The molecule has 0 heterocycles. The lowest BCUT2D eigenvalue weighted by Crippen LogP contribution is -2.46. The van der Waals surface area contributed by atoms with Gasteiger partial charge in [0.1, 0.15) is 6.10 Å². The lowest BCUT2D eigenvalue weighted by atomic mass is 9.57. The first-order chi connectivity index (χ1) is 10.8. The summed E-state index contributed by atoms with van der Waals surface area (Å²) in [6, 6.07) is 0. The molecule has 0 unspecified atom stereocenters. The maximum atomic E-state index is 12.3. The number of carbonyl (C=O) groups is 2. The van der Waals surface area contributed by atoms with Gasteiger partial charge in [-0.3, -0.25) is 4.79 Å². The molecule has 4 atom stereocenters. The zero-order valence-corrected chi connectivity index (χ0v) is 15.2. The molecule has 0 saturated heterocycles. The zero-order valence-electron chi connectivity index (χ0n) is 14.4. The molecule has 0 N–H and O–H groups in total. The number of esters is 1.